The van der Waals surface area contributed by atoms with E-state index in [1.807, 2.05) is 32.0 Å². The summed E-state index contributed by atoms with van der Waals surface area (Å²) in [6, 6.07) is 5.31. The molecule has 1 spiro atoms. The van der Waals surface area contributed by atoms with Crippen molar-refractivity contribution in [3.05, 3.63) is 54.6 Å². The van der Waals surface area contributed by atoms with Crippen molar-refractivity contribution in [2.75, 3.05) is 38.2 Å². The molecule has 1 aromatic rings. The third-order valence-corrected chi connectivity index (χ3v) is 9.84. The van der Waals surface area contributed by atoms with Crippen LogP contribution in [0.15, 0.2) is 43.5 Å². The Hall–Kier alpha value is -2.58. The standard InChI is InChI=1S/C28H37N3O4S/c1-6-13-29(5)25(33)22-21-11-12-28(36-21)23(22)26(34)31(15-8-16-32)24(28)27(35)30(14-7-2)20-17-18(3)9-10-19(20)4/h6-7,9-10,17,21-24,32H,1-2,8,11-16H2,3-5H3/t21-,22+,23-,24?,28?/m0/s1. The van der Waals surface area contributed by atoms with Crippen molar-refractivity contribution in [3.63, 3.8) is 0 Å². The van der Waals surface area contributed by atoms with Crippen molar-refractivity contribution >= 4 is 35.2 Å². The molecule has 2 bridgehead atoms. The molecule has 7 nitrogen and oxygen atoms in total. The lowest BCUT2D eigenvalue weighted by atomic mass is 9.70. The molecular weight excluding hydrogens is 474 g/mol. The van der Waals surface area contributed by atoms with Gasteiger partial charge in [-0.05, 0) is 50.3 Å². The van der Waals surface area contributed by atoms with Gasteiger partial charge in [0.2, 0.25) is 11.8 Å². The Morgan fingerprint density at radius 3 is 2.61 bits per heavy atom. The summed E-state index contributed by atoms with van der Waals surface area (Å²) >= 11 is 1.67. The second-order valence-electron chi connectivity index (χ2n) is 10.2. The number of carbonyl (C=O) groups excluding carboxylic acids is 3. The Morgan fingerprint density at radius 1 is 1.22 bits per heavy atom. The number of aryl methyl sites for hydroxylation is 2. The van der Waals surface area contributed by atoms with Crippen LogP contribution >= 0.6 is 11.8 Å². The molecular formula is C28H37N3O4S. The molecule has 3 amide bonds. The minimum Gasteiger partial charge on any atom is -0.396 e. The van der Waals surface area contributed by atoms with Crippen molar-refractivity contribution in [2.45, 2.75) is 49.1 Å². The number of carbonyl (C=O) groups is 3. The average Bonchev–Trinajstić information content (AvgIpc) is 3.49. The summed E-state index contributed by atoms with van der Waals surface area (Å²) in [5.41, 5.74) is 2.82. The van der Waals surface area contributed by atoms with Crippen molar-refractivity contribution in [3.8, 4) is 0 Å². The minimum atomic E-state index is -0.695. The zero-order valence-corrected chi connectivity index (χ0v) is 22.3. The normalized spacial score (nSPS) is 28.2. The Kier molecular flexibility index (Phi) is 7.67. The van der Waals surface area contributed by atoms with Gasteiger partial charge < -0.3 is 19.8 Å². The van der Waals surface area contributed by atoms with E-state index in [9.17, 15) is 19.5 Å². The SMILES string of the molecule is C=CCN(C)C(=O)[C@@H]1[C@@H]2CCC3(S2)C(C(=O)N(CC=C)c2cc(C)ccc2C)N(CCCO)C(=O)[C@H]13. The van der Waals surface area contributed by atoms with E-state index in [1.54, 1.807) is 45.7 Å². The Bertz CT molecular complexity index is 1070. The molecule has 0 aromatic heterocycles. The molecule has 1 aromatic carbocycles. The molecule has 0 radical (unpaired) electrons. The van der Waals surface area contributed by atoms with Crippen LogP contribution in [0.1, 0.15) is 30.4 Å². The minimum absolute atomic E-state index is 0.0163. The summed E-state index contributed by atoms with van der Waals surface area (Å²) < 4.78 is -0.652. The summed E-state index contributed by atoms with van der Waals surface area (Å²) in [6.45, 7) is 12.5. The van der Waals surface area contributed by atoms with Gasteiger partial charge in [0.15, 0.2) is 0 Å². The third-order valence-electron chi connectivity index (χ3n) is 7.89. The summed E-state index contributed by atoms with van der Waals surface area (Å²) in [5, 5.41) is 9.58. The molecule has 3 saturated heterocycles. The smallest absolute Gasteiger partial charge is 0.251 e. The van der Waals surface area contributed by atoms with Crippen molar-refractivity contribution in [1.82, 2.24) is 9.80 Å². The molecule has 1 N–H and O–H groups in total. The predicted octanol–water partition coefficient (Wildman–Crippen LogP) is 2.94. The molecule has 8 heteroatoms. The largest absolute Gasteiger partial charge is 0.396 e. The van der Waals surface area contributed by atoms with Crippen LogP contribution < -0.4 is 4.90 Å². The van der Waals surface area contributed by atoms with Crippen molar-refractivity contribution in [2.24, 2.45) is 11.8 Å². The molecule has 36 heavy (non-hydrogen) atoms. The first-order valence-corrected chi connectivity index (χ1v) is 13.5. The number of aliphatic hydroxyl groups excluding tert-OH is 1. The predicted molar refractivity (Wildman–Crippen MR) is 144 cm³/mol. The van der Waals surface area contributed by atoms with Crippen LogP contribution in [-0.4, -0.2) is 82.0 Å². The number of hydrogen-bond donors (Lipinski definition) is 1. The van der Waals surface area contributed by atoms with Gasteiger partial charge in [0.05, 0.1) is 16.6 Å². The number of anilines is 1. The van der Waals surface area contributed by atoms with Gasteiger partial charge in [0.1, 0.15) is 6.04 Å². The molecule has 3 aliphatic heterocycles. The average molecular weight is 512 g/mol. The quantitative estimate of drug-likeness (QED) is 0.489. The second-order valence-corrected chi connectivity index (χ2v) is 11.8. The first-order chi connectivity index (χ1) is 17.2. The molecule has 0 aliphatic carbocycles. The number of nitrogens with zero attached hydrogens (tertiary/aromatic N) is 3. The van der Waals surface area contributed by atoms with Crippen molar-refractivity contribution < 1.29 is 19.5 Å². The van der Waals surface area contributed by atoms with Gasteiger partial charge >= 0.3 is 0 Å². The van der Waals surface area contributed by atoms with E-state index in [-0.39, 0.29) is 36.1 Å². The Morgan fingerprint density at radius 2 is 1.94 bits per heavy atom. The van der Waals surface area contributed by atoms with Crippen LogP contribution in [0.4, 0.5) is 5.69 Å². The first-order valence-electron chi connectivity index (χ1n) is 12.7. The molecule has 4 rings (SSSR count). The highest BCUT2D eigenvalue weighted by atomic mass is 32.2. The van der Waals surface area contributed by atoms with Crippen LogP contribution in [0.5, 0.6) is 0 Å². The van der Waals surface area contributed by atoms with Crippen LogP contribution in [0.3, 0.4) is 0 Å². The van der Waals surface area contributed by atoms with E-state index in [2.05, 4.69) is 13.2 Å². The number of rotatable bonds is 10. The lowest BCUT2D eigenvalue weighted by Gasteiger charge is -2.38. The highest BCUT2D eigenvalue weighted by molar-refractivity contribution is 8.02. The lowest BCUT2D eigenvalue weighted by molar-refractivity contribution is -0.143. The maximum absolute atomic E-state index is 14.5. The fourth-order valence-electron chi connectivity index (χ4n) is 6.33. The number of fused-ring (bicyclic) bond motifs is 1. The number of likely N-dealkylation sites (N-methyl/N-ethyl adjacent to an activating group) is 1. The maximum Gasteiger partial charge on any atom is 0.251 e. The van der Waals surface area contributed by atoms with Crippen LogP contribution in [0, 0.1) is 25.7 Å². The van der Waals surface area contributed by atoms with E-state index in [1.165, 1.54) is 0 Å². The number of amides is 3. The fraction of sp³-hybridized carbons (Fsp3) is 0.536. The number of aliphatic hydroxyl groups is 1. The van der Waals surface area contributed by atoms with Gasteiger partial charge in [0.25, 0.3) is 5.91 Å². The number of benzene rings is 1. The van der Waals surface area contributed by atoms with Gasteiger partial charge in [-0.25, -0.2) is 0 Å². The van der Waals surface area contributed by atoms with E-state index in [0.717, 1.165) is 23.2 Å². The van der Waals surface area contributed by atoms with Gasteiger partial charge in [0, 0.05) is 44.2 Å². The molecule has 3 aliphatic rings. The zero-order chi connectivity index (χ0) is 26.2. The van der Waals surface area contributed by atoms with E-state index in [0.29, 0.717) is 25.9 Å². The summed E-state index contributed by atoms with van der Waals surface area (Å²) in [6.07, 6.45) is 5.29. The third kappa shape index (κ3) is 4.18. The lowest BCUT2D eigenvalue weighted by Crippen LogP contribution is -2.55. The Balaban J connectivity index is 1.78. The monoisotopic (exact) mass is 511 g/mol. The maximum atomic E-state index is 14.5. The number of thioether (sulfide) groups is 1. The topological polar surface area (TPSA) is 81.2 Å². The summed E-state index contributed by atoms with van der Waals surface area (Å²) in [5.74, 6) is -1.33. The second kappa shape index (κ2) is 10.4. The molecule has 2 unspecified atom stereocenters. The molecule has 3 fully saturated rings. The van der Waals surface area contributed by atoms with Gasteiger partial charge in [-0.15, -0.1) is 24.9 Å². The van der Waals surface area contributed by atoms with E-state index >= 15 is 0 Å². The fourth-order valence-corrected chi connectivity index (χ4v) is 8.53. The number of hydrogen-bond acceptors (Lipinski definition) is 5. The highest BCUT2D eigenvalue weighted by Crippen LogP contribution is 2.66. The molecule has 194 valence electrons. The molecule has 3 heterocycles. The summed E-state index contributed by atoms with van der Waals surface area (Å²) in [7, 11) is 1.74. The molecule has 5 atom stereocenters. The van der Waals surface area contributed by atoms with E-state index in [4.69, 9.17) is 0 Å². The van der Waals surface area contributed by atoms with Gasteiger partial charge in [-0.2, -0.15) is 0 Å². The Labute approximate surface area is 218 Å². The van der Waals surface area contributed by atoms with E-state index < -0.39 is 22.6 Å². The van der Waals surface area contributed by atoms with Crippen molar-refractivity contribution in [1.29, 1.82) is 0 Å². The number of likely N-dealkylation sites (tertiary alicyclic amines) is 1. The molecule has 0 saturated carbocycles. The van der Waals surface area contributed by atoms with Crippen LogP contribution in [0.25, 0.3) is 0 Å². The first kappa shape index (κ1) is 26.5. The highest BCUT2D eigenvalue weighted by Gasteiger charge is 2.73. The van der Waals surface area contributed by atoms with Gasteiger partial charge in [-0.3, -0.25) is 14.4 Å². The summed E-state index contributed by atoms with van der Waals surface area (Å²) in [4.78, 5) is 47.0. The van der Waals surface area contributed by atoms with Crippen LogP contribution in [-0.2, 0) is 14.4 Å². The van der Waals surface area contributed by atoms with Crippen LogP contribution in [0.2, 0.25) is 0 Å². The zero-order valence-electron chi connectivity index (χ0n) is 21.5. The van der Waals surface area contributed by atoms with Gasteiger partial charge in [-0.1, -0.05) is 24.3 Å².